The molecule has 7 rings (SSSR count). The lowest BCUT2D eigenvalue weighted by Crippen LogP contribution is -2.74. The summed E-state index contributed by atoms with van der Waals surface area (Å²) < 4.78 is 17.5. The monoisotopic (exact) mass is 476 g/mol. The number of carbonyl (C=O) groups excluding carboxylic acids is 1. The fraction of sp³-hybridized carbons (Fsp3) is 0.536. The molecule has 1 aromatic carbocycles. The molecule has 35 heavy (non-hydrogen) atoms. The van der Waals surface area contributed by atoms with Crippen LogP contribution in [0.25, 0.3) is 6.08 Å². The number of hydrogen-bond acceptors (Lipinski definition) is 6. The van der Waals surface area contributed by atoms with Crippen LogP contribution in [0, 0.1) is 5.92 Å². The fourth-order valence-electron chi connectivity index (χ4n) is 7.40. The molecule has 4 atom stereocenters. The van der Waals surface area contributed by atoms with E-state index in [4.69, 9.17) is 13.9 Å². The highest BCUT2D eigenvalue weighted by Gasteiger charge is 2.71. The maximum absolute atomic E-state index is 13.3. The molecule has 2 aliphatic carbocycles. The molecule has 4 heterocycles. The van der Waals surface area contributed by atoms with Gasteiger partial charge in [-0.3, -0.25) is 9.69 Å². The molecule has 3 aliphatic heterocycles. The van der Waals surface area contributed by atoms with E-state index in [0.29, 0.717) is 25.3 Å². The minimum absolute atomic E-state index is 0.0336. The lowest BCUT2D eigenvalue weighted by Gasteiger charge is -2.60. The van der Waals surface area contributed by atoms with Gasteiger partial charge < -0.3 is 23.9 Å². The van der Waals surface area contributed by atoms with E-state index >= 15 is 0 Å². The van der Waals surface area contributed by atoms with Crippen molar-refractivity contribution < 1.29 is 23.8 Å². The molecule has 2 bridgehead atoms. The van der Waals surface area contributed by atoms with Crippen LogP contribution in [0.2, 0.25) is 0 Å². The van der Waals surface area contributed by atoms with Crippen LogP contribution in [0.4, 0.5) is 0 Å². The van der Waals surface area contributed by atoms with Crippen molar-refractivity contribution in [1.82, 2.24) is 9.80 Å². The summed E-state index contributed by atoms with van der Waals surface area (Å²) in [6.45, 7) is 2.97. The van der Waals surface area contributed by atoms with Gasteiger partial charge in [0.25, 0.3) is 0 Å². The highest BCUT2D eigenvalue weighted by atomic mass is 16.5. The molecule has 2 saturated heterocycles. The van der Waals surface area contributed by atoms with Gasteiger partial charge in [-0.05, 0) is 68.3 Å². The molecule has 7 heteroatoms. The number of likely N-dealkylation sites (tertiary alicyclic amines) is 2. The molecule has 2 aromatic rings. The third-order valence-electron chi connectivity index (χ3n) is 9.27. The van der Waals surface area contributed by atoms with Crippen LogP contribution in [-0.4, -0.2) is 71.8 Å². The van der Waals surface area contributed by atoms with Crippen molar-refractivity contribution in [3.05, 3.63) is 53.5 Å². The average molecular weight is 477 g/mol. The first kappa shape index (κ1) is 21.5. The molecule has 0 radical (unpaired) electrons. The first-order chi connectivity index (χ1) is 17.0. The molecule has 5 aliphatic rings. The van der Waals surface area contributed by atoms with Gasteiger partial charge in [-0.1, -0.05) is 6.07 Å². The second-order valence-electron chi connectivity index (χ2n) is 11.0. The van der Waals surface area contributed by atoms with Crippen LogP contribution in [0.5, 0.6) is 11.5 Å². The molecule has 184 valence electrons. The van der Waals surface area contributed by atoms with Crippen molar-refractivity contribution in [2.24, 2.45) is 5.92 Å². The summed E-state index contributed by atoms with van der Waals surface area (Å²) in [5.74, 6) is 2.17. The van der Waals surface area contributed by atoms with Crippen molar-refractivity contribution in [2.75, 3.05) is 33.3 Å². The molecule has 0 unspecified atom stereocenters. The average Bonchev–Trinajstić information content (AvgIpc) is 3.43. The van der Waals surface area contributed by atoms with Crippen LogP contribution in [0.3, 0.4) is 0 Å². The number of nitrogens with zero attached hydrogens (tertiary/aromatic N) is 2. The van der Waals surface area contributed by atoms with Crippen molar-refractivity contribution in [3.8, 4) is 11.5 Å². The summed E-state index contributed by atoms with van der Waals surface area (Å²) in [6, 6.07) is 6.02. The number of hydrogen-bond donors (Lipinski definition) is 1. The van der Waals surface area contributed by atoms with Crippen LogP contribution in [-0.2, 0) is 16.6 Å². The quantitative estimate of drug-likeness (QED) is 0.669. The number of furan rings is 1. The summed E-state index contributed by atoms with van der Waals surface area (Å²) in [4.78, 5) is 17.7. The van der Waals surface area contributed by atoms with Crippen molar-refractivity contribution in [1.29, 1.82) is 0 Å². The summed E-state index contributed by atoms with van der Waals surface area (Å²) in [5, 5.41) is 12.7. The third kappa shape index (κ3) is 3.01. The van der Waals surface area contributed by atoms with E-state index in [1.54, 1.807) is 31.8 Å². The van der Waals surface area contributed by atoms with Crippen molar-refractivity contribution in [3.63, 3.8) is 0 Å². The van der Waals surface area contributed by atoms with Gasteiger partial charge in [0.1, 0.15) is 6.10 Å². The van der Waals surface area contributed by atoms with Crippen molar-refractivity contribution >= 4 is 12.0 Å². The standard InChI is InChI=1S/C28H32N2O5/c1-33-21-6-5-20-14-22-28(32)10-12-30(24(31)7-4-19-8-13-34-17-19)16-23-27(28,25(20)26(21)35-23)9-11-29(22)15-18-2-3-18/h4-8,13,17-18,22-23,32H,2-3,9-12,14-16H2,1H3/b7-4+/t22-,23+,27-,28-/m1/s1. The van der Waals surface area contributed by atoms with E-state index in [-0.39, 0.29) is 18.1 Å². The lowest BCUT2D eigenvalue weighted by molar-refractivity contribution is -0.162. The number of amides is 1. The number of benzene rings is 1. The summed E-state index contributed by atoms with van der Waals surface area (Å²) in [5.41, 5.74) is 1.76. The Labute approximate surface area is 205 Å². The highest BCUT2D eigenvalue weighted by molar-refractivity contribution is 5.91. The predicted molar refractivity (Wildman–Crippen MR) is 129 cm³/mol. The Balaban J connectivity index is 1.30. The molecule has 1 aromatic heterocycles. The van der Waals surface area contributed by atoms with Gasteiger partial charge in [0, 0.05) is 36.3 Å². The van der Waals surface area contributed by atoms with E-state index in [0.717, 1.165) is 48.7 Å². The Morgan fingerprint density at radius 1 is 1.26 bits per heavy atom. The molecule has 1 spiro atoms. The summed E-state index contributed by atoms with van der Waals surface area (Å²) in [7, 11) is 1.67. The zero-order valence-electron chi connectivity index (χ0n) is 20.1. The van der Waals surface area contributed by atoms with Crippen molar-refractivity contribution in [2.45, 2.75) is 55.3 Å². The molecular weight excluding hydrogens is 444 g/mol. The van der Waals surface area contributed by atoms with Gasteiger partial charge in [0.15, 0.2) is 11.5 Å². The summed E-state index contributed by atoms with van der Waals surface area (Å²) >= 11 is 0. The Hall–Kier alpha value is -2.77. The first-order valence-corrected chi connectivity index (χ1v) is 12.9. The third-order valence-corrected chi connectivity index (χ3v) is 9.27. The van der Waals surface area contributed by atoms with Crippen LogP contribution >= 0.6 is 0 Å². The molecular formula is C28H32N2O5. The molecule has 1 saturated carbocycles. The molecule has 7 nitrogen and oxygen atoms in total. The molecule has 1 amide bonds. The Bertz CT molecular complexity index is 1190. The largest absolute Gasteiger partial charge is 0.493 e. The van der Waals surface area contributed by atoms with Gasteiger partial charge in [-0.2, -0.15) is 0 Å². The van der Waals surface area contributed by atoms with Gasteiger partial charge in [-0.15, -0.1) is 0 Å². The normalized spacial score (nSPS) is 33.4. The van der Waals surface area contributed by atoms with Crippen LogP contribution < -0.4 is 9.47 Å². The van der Waals surface area contributed by atoms with E-state index in [1.807, 2.05) is 17.0 Å². The minimum Gasteiger partial charge on any atom is -0.493 e. The second kappa shape index (κ2) is 7.61. The topological polar surface area (TPSA) is 75.4 Å². The first-order valence-electron chi connectivity index (χ1n) is 12.9. The second-order valence-corrected chi connectivity index (χ2v) is 11.0. The minimum atomic E-state index is -0.960. The number of piperidine rings is 1. The fourth-order valence-corrected chi connectivity index (χ4v) is 7.40. The predicted octanol–water partition coefficient (Wildman–Crippen LogP) is 3.00. The number of methoxy groups -OCH3 is 1. The zero-order chi connectivity index (χ0) is 23.8. The molecule has 1 N–H and O–H groups in total. The maximum atomic E-state index is 13.3. The Kier molecular flexibility index (Phi) is 4.68. The Morgan fingerprint density at radius 3 is 2.91 bits per heavy atom. The van der Waals surface area contributed by atoms with Gasteiger partial charge in [0.05, 0.1) is 37.2 Å². The van der Waals surface area contributed by atoms with Gasteiger partial charge in [-0.25, -0.2) is 0 Å². The SMILES string of the molecule is COc1ccc2c3c1O[C@H]1CN(C(=O)/C=C/c4ccoc4)CC[C@@]4(O)[C@@H](C2)N(CC2CC2)CC[C@]314. The number of rotatable bonds is 5. The lowest BCUT2D eigenvalue weighted by atomic mass is 9.52. The number of aliphatic hydroxyl groups is 1. The van der Waals surface area contributed by atoms with Gasteiger partial charge >= 0.3 is 0 Å². The van der Waals surface area contributed by atoms with E-state index in [2.05, 4.69) is 11.0 Å². The highest BCUT2D eigenvalue weighted by Crippen LogP contribution is 2.63. The summed E-state index contributed by atoms with van der Waals surface area (Å²) in [6.07, 6.45) is 11.0. The van der Waals surface area contributed by atoms with Crippen LogP contribution in [0.1, 0.15) is 42.4 Å². The van der Waals surface area contributed by atoms with Gasteiger partial charge in [0.2, 0.25) is 5.91 Å². The Morgan fingerprint density at radius 2 is 2.14 bits per heavy atom. The smallest absolute Gasteiger partial charge is 0.246 e. The van der Waals surface area contributed by atoms with E-state index < -0.39 is 11.0 Å². The van der Waals surface area contributed by atoms with E-state index in [9.17, 15) is 9.90 Å². The number of carbonyl (C=O) groups is 1. The molecule has 3 fully saturated rings. The van der Waals surface area contributed by atoms with E-state index in [1.165, 1.54) is 18.4 Å². The maximum Gasteiger partial charge on any atom is 0.246 e. The number of ether oxygens (including phenoxy) is 2. The van der Waals surface area contributed by atoms with Crippen LogP contribution in [0.15, 0.2) is 41.2 Å². The zero-order valence-corrected chi connectivity index (χ0v) is 20.1.